The van der Waals surface area contributed by atoms with Gasteiger partial charge in [-0.15, -0.1) is 24.0 Å². The summed E-state index contributed by atoms with van der Waals surface area (Å²) in [5, 5.41) is 6.95. The Balaban J connectivity index is 0.00000320. The van der Waals surface area contributed by atoms with E-state index >= 15 is 0 Å². The third-order valence-electron chi connectivity index (χ3n) is 6.10. The molecule has 2 heterocycles. The second-order valence-corrected chi connectivity index (χ2v) is 8.15. The number of hydrogen-bond donors (Lipinski definition) is 2. The first-order chi connectivity index (χ1) is 14.3. The van der Waals surface area contributed by atoms with Crippen LogP contribution in [-0.4, -0.2) is 74.8 Å². The van der Waals surface area contributed by atoms with Crippen LogP contribution in [0.2, 0.25) is 0 Å². The lowest BCUT2D eigenvalue weighted by Gasteiger charge is -2.35. The first kappa shape index (κ1) is 25.4. The van der Waals surface area contributed by atoms with Crippen LogP contribution in [0, 0.1) is 0 Å². The molecule has 7 heteroatoms. The van der Waals surface area contributed by atoms with Gasteiger partial charge in [-0.3, -0.25) is 14.8 Å². The van der Waals surface area contributed by atoms with E-state index in [1.165, 1.54) is 43.4 Å². The smallest absolute Gasteiger partial charge is 0.191 e. The summed E-state index contributed by atoms with van der Waals surface area (Å²) >= 11 is 0. The van der Waals surface area contributed by atoms with Crippen molar-refractivity contribution in [1.82, 2.24) is 20.4 Å². The molecular weight excluding hydrogens is 489 g/mol. The van der Waals surface area contributed by atoms with Crippen molar-refractivity contribution >= 4 is 29.9 Å². The minimum atomic E-state index is 0. The van der Waals surface area contributed by atoms with Crippen LogP contribution in [0.3, 0.4) is 0 Å². The van der Waals surface area contributed by atoms with Crippen molar-refractivity contribution < 1.29 is 4.74 Å². The highest BCUT2D eigenvalue weighted by Gasteiger charge is 2.20. The molecule has 0 radical (unpaired) electrons. The fourth-order valence-corrected chi connectivity index (χ4v) is 4.40. The number of hydrogen-bond acceptors (Lipinski definition) is 4. The molecule has 2 aliphatic heterocycles. The van der Waals surface area contributed by atoms with E-state index in [1.54, 1.807) is 0 Å². The fraction of sp³-hybridized carbons (Fsp3) is 0.696. The van der Waals surface area contributed by atoms with Gasteiger partial charge in [-0.25, -0.2) is 0 Å². The average molecular weight is 530 g/mol. The number of morpholine rings is 1. The van der Waals surface area contributed by atoms with Crippen molar-refractivity contribution in [2.75, 3.05) is 53.0 Å². The first-order valence-electron chi connectivity index (χ1n) is 11.3. The van der Waals surface area contributed by atoms with Crippen molar-refractivity contribution in [3.63, 3.8) is 0 Å². The van der Waals surface area contributed by atoms with Crippen LogP contribution in [0.25, 0.3) is 0 Å². The van der Waals surface area contributed by atoms with E-state index in [2.05, 4.69) is 56.6 Å². The summed E-state index contributed by atoms with van der Waals surface area (Å²) in [6, 6.07) is 9.62. The lowest BCUT2D eigenvalue weighted by atomic mass is 10.0. The molecule has 1 atom stereocenters. The van der Waals surface area contributed by atoms with Gasteiger partial charge in [-0.1, -0.05) is 37.6 Å². The number of halogens is 1. The van der Waals surface area contributed by atoms with Gasteiger partial charge in [0, 0.05) is 52.4 Å². The predicted molar refractivity (Wildman–Crippen MR) is 136 cm³/mol. The molecule has 2 fully saturated rings. The molecule has 0 aliphatic carbocycles. The van der Waals surface area contributed by atoms with E-state index in [4.69, 9.17) is 4.74 Å². The van der Waals surface area contributed by atoms with E-state index in [9.17, 15) is 0 Å². The third-order valence-corrected chi connectivity index (χ3v) is 6.10. The Kier molecular flexibility index (Phi) is 12.0. The SMILES string of the molecule is CCC1CCCCN1CCNC(=NC)NCc1cccc(CN2CCOCC2)c1.I. The monoisotopic (exact) mass is 529 g/mol. The zero-order valence-corrected chi connectivity index (χ0v) is 21.1. The van der Waals surface area contributed by atoms with Gasteiger partial charge in [0.25, 0.3) is 0 Å². The number of piperidine rings is 1. The van der Waals surface area contributed by atoms with Crippen molar-refractivity contribution in [1.29, 1.82) is 0 Å². The highest BCUT2D eigenvalue weighted by atomic mass is 127. The summed E-state index contributed by atoms with van der Waals surface area (Å²) in [7, 11) is 1.85. The summed E-state index contributed by atoms with van der Waals surface area (Å²) in [5.41, 5.74) is 2.66. The van der Waals surface area contributed by atoms with Crippen LogP contribution >= 0.6 is 24.0 Å². The maximum Gasteiger partial charge on any atom is 0.191 e. The topological polar surface area (TPSA) is 52.1 Å². The van der Waals surface area contributed by atoms with E-state index in [1.807, 2.05) is 7.05 Å². The van der Waals surface area contributed by atoms with Crippen LogP contribution in [0.15, 0.2) is 29.3 Å². The molecule has 2 N–H and O–H groups in total. The van der Waals surface area contributed by atoms with Gasteiger partial charge in [0.1, 0.15) is 0 Å². The molecular formula is C23H40IN5O. The Labute approximate surface area is 199 Å². The Morgan fingerprint density at radius 2 is 1.93 bits per heavy atom. The van der Waals surface area contributed by atoms with Gasteiger partial charge < -0.3 is 15.4 Å². The Morgan fingerprint density at radius 3 is 2.70 bits per heavy atom. The average Bonchev–Trinajstić information content (AvgIpc) is 2.77. The molecule has 1 aromatic rings. The Hall–Kier alpha value is -0.900. The number of likely N-dealkylation sites (tertiary alicyclic amines) is 1. The van der Waals surface area contributed by atoms with E-state index < -0.39 is 0 Å². The molecule has 170 valence electrons. The van der Waals surface area contributed by atoms with Crippen LogP contribution in [0.5, 0.6) is 0 Å². The lowest BCUT2D eigenvalue weighted by Crippen LogP contribution is -2.45. The highest BCUT2D eigenvalue weighted by Crippen LogP contribution is 2.18. The van der Waals surface area contributed by atoms with Crippen LogP contribution in [0.1, 0.15) is 43.7 Å². The molecule has 0 amide bonds. The second kappa shape index (κ2) is 14.2. The summed E-state index contributed by atoms with van der Waals surface area (Å²) in [6.45, 7) is 11.1. The number of ether oxygens (including phenoxy) is 1. The number of benzene rings is 1. The number of guanidine groups is 1. The van der Waals surface area contributed by atoms with Crippen LogP contribution in [-0.2, 0) is 17.8 Å². The quantitative estimate of drug-likeness (QED) is 0.308. The third kappa shape index (κ3) is 8.32. The zero-order chi connectivity index (χ0) is 20.3. The molecule has 3 rings (SSSR count). The molecule has 0 aromatic heterocycles. The lowest BCUT2D eigenvalue weighted by molar-refractivity contribution is 0.0342. The molecule has 0 saturated carbocycles. The fourth-order valence-electron chi connectivity index (χ4n) is 4.40. The molecule has 0 spiro atoms. The summed E-state index contributed by atoms with van der Waals surface area (Å²) in [6.07, 6.45) is 5.33. The minimum absolute atomic E-state index is 0. The first-order valence-corrected chi connectivity index (χ1v) is 11.3. The molecule has 2 saturated heterocycles. The van der Waals surface area contributed by atoms with Crippen molar-refractivity contribution in [2.45, 2.75) is 51.7 Å². The molecule has 0 bridgehead atoms. The number of aliphatic imine (C=N–C) groups is 1. The largest absolute Gasteiger partial charge is 0.379 e. The number of rotatable bonds is 8. The summed E-state index contributed by atoms with van der Waals surface area (Å²) in [4.78, 5) is 9.49. The van der Waals surface area contributed by atoms with Crippen molar-refractivity contribution in [3.05, 3.63) is 35.4 Å². The van der Waals surface area contributed by atoms with Gasteiger partial charge in [-0.05, 0) is 36.9 Å². The van der Waals surface area contributed by atoms with Gasteiger partial charge >= 0.3 is 0 Å². The Morgan fingerprint density at radius 1 is 1.13 bits per heavy atom. The van der Waals surface area contributed by atoms with Gasteiger partial charge in [0.05, 0.1) is 13.2 Å². The number of nitrogens with one attached hydrogen (secondary N) is 2. The van der Waals surface area contributed by atoms with Crippen LogP contribution < -0.4 is 10.6 Å². The molecule has 30 heavy (non-hydrogen) atoms. The minimum Gasteiger partial charge on any atom is -0.379 e. The molecule has 2 aliphatic rings. The van der Waals surface area contributed by atoms with Gasteiger partial charge in [0.15, 0.2) is 5.96 Å². The zero-order valence-electron chi connectivity index (χ0n) is 18.7. The van der Waals surface area contributed by atoms with Crippen molar-refractivity contribution in [3.8, 4) is 0 Å². The normalized spacial score (nSPS) is 21.1. The molecule has 6 nitrogen and oxygen atoms in total. The maximum atomic E-state index is 5.45. The van der Waals surface area contributed by atoms with E-state index in [0.717, 1.165) is 64.5 Å². The summed E-state index contributed by atoms with van der Waals surface area (Å²) < 4.78 is 5.45. The molecule has 1 aromatic carbocycles. The van der Waals surface area contributed by atoms with Gasteiger partial charge in [-0.2, -0.15) is 0 Å². The molecule has 1 unspecified atom stereocenters. The maximum absolute atomic E-state index is 5.45. The Bertz CT molecular complexity index is 636. The van der Waals surface area contributed by atoms with E-state index in [0.29, 0.717) is 0 Å². The van der Waals surface area contributed by atoms with Crippen molar-refractivity contribution in [2.24, 2.45) is 4.99 Å². The van der Waals surface area contributed by atoms with E-state index in [-0.39, 0.29) is 24.0 Å². The van der Waals surface area contributed by atoms with Gasteiger partial charge in [0.2, 0.25) is 0 Å². The standard InChI is InChI=1S/C23H39N5O.HI/c1-3-22-9-4-5-11-28(22)12-10-25-23(24-2)26-18-20-7-6-8-21(17-20)19-27-13-15-29-16-14-27;/h6-8,17,22H,3-5,9-16,18-19H2,1-2H3,(H2,24,25,26);1H. The van der Waals surface area contributed by atoms with Crippen LogP contribution in [0.4, 0.5) is 0 Å². The second-order valence-electron chi connectivity index (χ2n) is 8.15. The highest BCUT2D eigenvalue weighted by molar-refractivity contribution is 14.0. The predicted octanol–water partition coefficient (Wildman–Crippen LogP) is 3.07. The number of nitrogens with zero attached hydrogens (tertiary/aromatic N) is 3. The summed E-state index contributed by atoms with van der Waals surface area (Å²) in [5.74, 6) is 0.883.